The van der Waals surface area contributed by atoms with E-state index in [0.29, 0.717) is 11.8 Å². The largest absolute Gasteiger partial charge is 0.244 e. The van der Waals surface area contributed by atoms with Gasteiger partial charge in [0.05, 0.1) is 0 Å². The molecule has 0 aromatic carbocycles. The molecule has 0 heterocycles. The zero-order valence-electron chi connectivity index (χ0n) is 8.61. The van der Waals surface area contributed by atoms with Crippen LogP contribution in [0.3, 0.4) is 0 Å². The number of hydrogen-bond acceptors (Lipinski definition) is 0. The third kappa shape index (κ3) is 3.22. The summed E-state index contributed by atoms with van der Waals surface area (Å²) in [6.07, 6.45) is 0. The molecule has 11 heavy (non-hydrogen) atoms. The predicted octanol–water partition coefficient (Wildman–Crippen LogP) is 3.66. The van der Waals surface area contributed by atoms with Crippen molar-refractivity contribution in [2.45, 2.75) is 47.2 Å². The molecule has 0 saturated heterocycles. The Morgan fingerprint density at radius 2 is 1.18 bits per heavy atom. The maximum absolute atomic E-state index is 13.6. The molecule has 0 aromatic heterocycles. The molecule has 0 saturated carbocycles. The van der Waals surface area contributed by atoms with Crippen molar-refractivity contribution < 1.29 is 4.39 Å². The molecular formula is C10H21F. The van der Waals surface area contributed by atoms with Crippen molar-refractivity contribution in [1.29, 1.82) is 0 Å². The smallest absolute Gasteiger partial charge is 0.108 e. The summed E-state index contributed by atoms with van der Waals surface area (Å²) in [5, 5.41) is 0. The Balaban J connectivity index is 4.35. The van der Waals surface area contributed by atoms with E-state index < -0.39 is 5.67 Å². The van der Waals surface area contributed by atoms with Gasteiger partial charge in [0.1, 0.15) is 5.67 Å². The van der Waals surface area contributed by atoms with Crippen molar-refractivity contribution >= 4 is 0 Å². The molecule has 0 aliphatic heterocycles. The summed E-state index contributed by atoms with van der Waals surface area (Å²) < 4.78 is 13.6. The van der Waals surface area contributed by atoms with Gasteiger partial charge in [-0.25, -0.2) is 4.39 Å². The first kappa shape index (κ1) is 10.9. The fourth-order valence-corrected chi connectivity index (χ4v) is 2.36. The van der Waals surface area contributed by atoms with Gasteiger partial charge in [0.25, 0.3) is 0 Å². The van der Waals surface area contributed by atoms with E-state index in [0.717, 1.165) is 0 Å². The summed E-state index contributed by atoms with van der Waals surface area (Å²) in [7, 11) is 0. The molecule has 0 rings (SSSR count). The van der Waals surface area contributed by atoms with Crippen molar-refractivity contribution in [3.8, 4) is 0 Å². The Bertz CT molecular complexity index is 101. The molecule has 0 amide bonds. The summed E-state index contributed by atoms with van der Waals surface area (Å²) >= 11 is 0. The minimum atomic E-state index is -1.04. The highest BCUT2D eigenvalue weighted by Crippen LogP contribution is 2.33. The molecule has 0 unspecified atom stereocenters. The molecule has 0 atom stereocenters. The monoisotopic (exact) mass is 160 g/mol. The van der Waals surface area contributed by atoms with E-state index in [1.807, 2.05) is 0 Å². The number of halogens is 1. The number of hydrogen-bond donors (Lipinski definition) is 0. The Kier molecular flexibility index (Phi) is 3.53. The maximum atomic E-state index is 13.6. The van der Waals surface area contributed by atoms with Gasteiger partial charge in [-0.15, -0.1) is 0 Å². The molecule has 0 bridgehead atoms. The van der Waals surface area contributed by atoms with Crippen LogP contribution in [0.1, 0.15) is 41.5 Å². The quantitative estimate of drug-likeness (QED) is 0.591. The van der Waals surface area contributed by atoms with Gasteiger partial charge >= 0.3 is 0 Å². The van der Waals surface area contributed by atoms with Crippen molar-refractivity contribution in [2.24, 2.45) is 17.8 Å². The van der Waals surface area contributed by atoms with E-state index in [2.05, 4.69) is 27.7 Å². The SMILES string of the molecule is CC(C)C(C(C)C)C(C)(C)F. The van der Waals surface area contributed by atoms with E-state index in [9.17, 15) is 4.39 Å². The lowest BCUT2D eigenvalue weighted by molar-refractivity contribution is 0.0561. The second-order valence-corrected chi connectivity index (χ2v) is 4.58. The van der Waals surface area contributed by atoms with Gasteiger partial charge in [0.15, 0.2) is 0 Å². The van der Waals surface area contributed by atoms with Gasteiger partial charge in [0, 0.05) is 0 Å². The number of rotatable bonds is 3. The molecule has 0 spiro atoms. The van der Waals surface area contributed by atoms with Crippen LogP contribution >= 0.6 is 0 Å². The normalized spacial score (nSPS) is 13.6. The van der Waals surface area contributed by atoms with Crippen LogP contribution in [0.5, 0.6) is 0 Å². The summed E-state index contributed by atoms with van der Waals surface area (Å²) in [4.78, 5) is 0. The molecule has 1 heteroatoms. The van der Waals surface area contributed by atoms with Gasteiger partial charge in [-0.05, 0) is 31.6 Å². The average molecular weight is 160 g/mol. The lowest BCUT2D eigenvalue weighted by Gasteiger charge is -2.33. The van der Waals surface area contributed by atoms with Crippen molar-refractivity contribution in [3.63, 3.8) is 0 Å². The Morgan fingerprint density at radius 1 is 0.909 bits per heavy atom. The van der Waals surface area contributed by atoms with Gasteiger partial charge in [-0.2, -0.15) is 0 Å². The second-order valence-electron chi connectivity index (χ2n) is 4.58. The van der Waals surface area contributed by atoms with Crippen LogP contribution in [0.2, 0.25) is 0 Å². The van der Waals surface area contributed by atoms with Crippen LogP contribution in [0.4, 0.5) is 4.39 Å². The van der Waals surface area contributed by atoms with Crippen LogP contribution in [0, 0.1) is 17.8 Å². The van der Waals surface area contributed by atoms with Gasteiger partial charge < -0.3 is 0 Å². The van der Waals surface area contributed by atoms with Gasteiger partial charge in [-0.1, -0.05) is 27.7 Å². The lowest BCUT2D eigenvalue weighted by atomic mass is 9.76. The van der Waals surface area contributed by atoms with E-state index in [1.54, 1.807) is 13.8 Å². The maximum Gasteiger partial charge on any atom is 0.108 e. The zero-order valence-corrected chi connectivity index (χ0v) is 8.61. The van der Waals surface area contributed by atoms with Crippen molar-refractivity contribution in [1.82, 2.24) is 0 Å². The van der Waals surface area contributed by atoms with Gasteiger partial charge in [-0.3, -0.25) is 0 Å². The molecule has 0 radical (unpaired) electrons. The third-order valence-corrected chi connectivity index (χ3v) is 2.23. The summed E-state index contributed by atoms with van der Waals surface area (Å²) in [5.74, 6) is 1.02. The van der Waals surface area contributed by atoms with Crippen LogP contribution < -0.4 is 0 Å². The fourth-order valence-electron chi connectivity index (χ4n) is 2.36. The standard InChI is InChI=1S/C10H21F/c1-7(2)9(8(3)4)10(5,6)11/h7-9H,1-6H3. The fraction of sp³-hybridized carbons (Fsp3) is 1.00. The zero-order chi connectivity index (χ0) is 9.23. The van der Waals surface area contributed by atoms with Crippen LogP contribution in [-0.4, -0.2) is 5.67 Å². The second kappa shape index (κ2) is 3.55. The van der Waals surface area contributed by atoms with Crippen LogP contribution in [0.15, 0.2) is 0 Å². The number of alkyl halides is 1. The molecular weight excluding hydrogens is 139 g/mol. The van der Waals surface area contributed by atoms with E-state index >= 15 is 0 Å². The highest BCUT2D eigenvalue weighted by atomic mass is 19.1. The molecule has 0 nitrogen and oxygen atoms in total. The molecule has 0 aromatic rings. The minimum absolute atomic E-state index is 0.169. The summed E-state index contributed by atoms with van der Waals surface area (Å²) in [6.45, 7) is 11.7. The molecule has 0 fully saturated rings. The van der Waals surface area contributed by atoms with Crippen LogP contribution in [0.25, 0.3) is 0 Å². The van der Waals surface area contributed by atoms with E-state index in [4.69, 9.17) is 0 Å². The molecule has 0 N–H and O–H groups in total. The topological polar surface area (TPSA) is 0 Å². The first-order chi connectivity index (χ1) is 4.76. The molecule has 68 valence electrons. The molecule has 0 aliphatic rings. The summed E-state index contributed by atoms with van der Waals surface area (Å²) in [6, 6.07) is 0. The Morgan fingerprint density at radius 3 is 1.18 bits per heavy atom. The van der Waals surface area contributed by atoms with E-state index in [1.165, 1.54) is 0 Å². The Labute approximate surface area is 70.2 Å². The third-order valence-electron chi connectivity index (χ3n) is 2.23. The van der Waals surface area contributed by atoms with Crippen LogP contribution in [-0.2, 0) is 0 Å². The van der Waals surface area contributed by atoms with Gasteiger partial charge in [0.2, 0.25) is 0 Å². The van der Waals surface area contributed by atoms with Crippen molar-refractivity contribution in [2.75, 3.05) is 0 Å². The first-order valence-corrected chi connectivity index (χ1v) is 4.45. The minimum Gasteiger partial charge on any atom is -0.244 e. The van der Waals surface area contributed by atoms with E-state index in [-0.39, 0.29) is 5.92 Å². The average Bonchev–Trinajstić information content (AvgIpc) is 1.54. The summed E-state index contributed by atoms with van der Waals surface area (Å²) in [5.41, 5.74) is -1.04. The highest BCUT2D eigenvalue weighted by molar-refractivity contribution is 4.82. The first-order valence-electron chi connectivity index (χ1n) is 4.45. The lowest BCUT2D eigenvalue weighted by Crippen LogP contribution is -2.34. The molecule has 0 aliphatic carbocycles. The highest BCUT2D eigenvalue weighted by Gasteiger charge is 2.33. The Hall–Kier alpha value is -0.0700. The predicted molar refractivity (Wildman–Crippen MR) is 48.4 cm³/mol. The van der Waals surface area contributed by atoms with Crippen molar-refractivity contribution in [3.05, 3.63) is 0 Å².